The number of benzene rings is 1. The number of hydrogen-bond acceptors (Lipinski definition) is 3. The SMILES string of the molecule is CCNC(C)(C#N)CCOc1ccc(F)cc1F. The highest BCUT2D eigenvalue weighted by Gasteiger charge is 2.22. The molecule has 0 bridgehead atoms. The quantitative estimate of drug-likeness (QED) is 0.848. The van der Waals surface area contributed by atoms with Crippen LogP contribution in [0.5, 0.6) is 5.75 Å². The predicted octanol–water partition coefficient (Wildman–Crippen LogP) is 2.63. The minimum atomic E-state index is -0.739. The Morgan fingerprint density at radius 1 is 1.44 bits per heavy atom. The van der Waals surface area contributed by atoms with Gasteiger partial charge in [0.15, 0.2) is 11.6 Å². The van der Waals surface area contributed by atoms with Crippen molar-refractivity contribution in [1.29, 1.82) is 5.26 Å². The van der Waals surface area contributed by atoms with Crippen molar-refractivity contribution in [3.05, 3.63) is 29.8 Å². The summed E-state index contributed by atoms with van der Waals surface area (Å²) in [6, 6.07) is 5.28. The highest BCUT2D eigenvalue weighted by molar-refractivity contribution is 5.24. The highest BCUT2D eigenvalue weighted by atomic mass is 19.1. The molecule has 0 saturated heterocycles. The number of ether oxygens (including phenoxy) is 1. The third-order valence-corrected chi connectivity index (χ3v) is 2.57. The van der Waals surface area contributed by atoms with Gasteiger partial charge >= 0.3 is 0 Å². The molecule has 18 heavy (non-hydrogen) atoms. The van der Waals surface area contributed by atoms with Crippen LogP contribution >= 0.6 is 0 Å². The second kappa shape index (κ2) is 6.31. The Morgan fingerprint density at radius 3 is 2.72 bits per heavy atom. The van der Waals surface area contributed by atoms with Gasteiger partial charge in [0.1, 0.15) is 11.4 Å². The Bertz CT molecular complexity index is 445. The highest BCUT2D eigenvalue weighted by Crippen LogP contribution is 2.18. The third-order valence-electron chi connectivity index (χ3n) is 2.57. The molecule has 0 aliphatic rings. The van der Waals surface area contributed by atoms with Crippen LogP contribution < -0.4 is 10.1 Å². The first-order chi connectivity index (χ1) is 8.50. The lowest BCUT2D eigenvalue weighted by atomic mass is 10.0. The molecule has 98 valence electrons. The maximum absolute atomic E-state index is 13.3. The molecule has 0 saturated carbocycles. The van der Waals surface area contributed by atoms with Crippen molar-refractivity contribution in [2.45, 2.75) is 25.8 Å². The van der Waals surface area contributed by atoms with E-state index in [2.05, 4.69) is 11.4 Å². The Labute approximate surface area is 105 Å². The fraction of sp³-hybridized carbons (Fsp3) is 0.462. The van der Waals surface area contributed by atoms with Crippen LogP contribution in [0.25, 0.3) is 0 Å². The molecule has 3 nitrogen and oxygen atoms in total. The van der Waals surface area contributed by atoms with Crippen molar-refractivity contribution in [2.24, 2.45) is 0 Å². The zero-order valence-corrected chi connectivity index (χ0v) is 10.5. The number of nitrogens with one attached hydrogen (secondary N) is 1. The van der Waals surface area contributed by atoms with E-state index < -0.39 is 17.2 Å². The van der Waals surface area contributed by atoms with E-state index in [1.807, 2.05) is 6.92 Å². The Hall–Kier alpha value is -1.67. The lowest BCUT2D eigenvalue weighted by molar-refractivity contribution is 0.258. The number of hydrogen-bond donors (Lipinski definition) is 1. The molecule has 1 N–H and O–H groups in total. The van der Waals surface area contributed by atoms with Gasteiger partial charge in [-0.05, 0) is 25.6 Å². The molecule has 0 radical (unpaired) electrons. The molecule has 0 aromatic heterocycles. The van der Waals surface area contributed by atoms with Crippen LogP contribution in [0.15, 0.2) is 18.2 Å². The largest absolute Gasteiger partial charge is 0.490 e. The first-order valence-electron chi connectivity index (χ1n) is 5.75. The van der Waals surface area contributed by atoms with Gasteiger partial charge in [0.05, 0.1) is 12.7 Å². The molecule has 1 aromatic rings. The molecule has 0 heterocycles. The summed E-state index contributed by atoms with van der Waals surface area (Å²) in [7, 11) is 0. The van der Waals surface area contributed by atoms with Gasteiger partial charge in [0.25, 0.3) is 0 Å². The topological polar surface area (TPSA) is 45.0 Å². The maximum Gasteiger partial charge on any atom is 0.167 e. The summed E-state index contributed by atoms with van der Waals surface area (Å²) >= 11 is 0. The van der Waals surface area contributed by atoms with Gasteiger partial charge in [-0.15, -0.1) is 0 Å². The number of nitrogens with zero attached hydrogens (tertiary/aromatic N) is 1. The third kappa shape index (κ3) is 3.97. The van der Waals surface area contributed by atoms with Gasteiger partial charge < -0.3 is 4.74 Å². The minimum absolute atomic E-state index is 0.00631. The molecule has 1 unspecified atom stereocenters. The summed E-state index contributed by atoms with van der Waals surface area (Å²) in [5.74, 6) is -1.39. The summed E-state index contributed by atoms with van der Waals surface area (Å²) in [5, 5.41) is 12.0. The van der Waals surface area contributed by atoms with Crippen LogP contribution in [0.3, 0.4) is 0 Å². The van der Waals surface area contributed by atoms with Crippen LogP contribution in [-0.2, 0) is 0 Å². The normalized spacial score (nSPS) is 13.7. The summed E-state index contributed by atoms with van der Waals surface area (Å²) in [6.45, 7) is 4.49. The molecule has 0 spiro atoms. The minimum Gasteiger partial charge on any atom is -0.490 e. The molecule has 0 aliphatic carbocycles. The van der Waals surface area contributed by atoms with Crippen molar-refractivity contribution < 1.29 is 13.5 Å². The second-order valence-electron chi connectivity index (χ2n) is 4.15. The van der Waals surface area contributed by atoms with Crippen LogP contribution in [0.2, 0.25) is 0 Å². The molecular weight excluding hydrogens is 238 g/mol. The molecule has 1 atom stereocenters. The van der Waals surface area contributed by atoms with Crippen LogP contribution in [-0.4, -0.2) is 18.7 Å². The molecule has 0 fully saturated rings. The van der Waals surface area contributed by atoms with E-state index in [-0.39, 0.29) is 12.4 Å². The van der Waals surface area contributed by atoms with Crippen molar-refractivity contribution in [2.75, 3.05) is 13.2 Å². The smallest absolute Gasteiger partial charge is 0.167 e. The fourth-order valence-corrected chi connectivity index (χ4v) is 1.53. The van der Waals surface area contributed by atoms with Crippen molar-refractivity contribution in [3.63, 3.8) is 0 Å². The Kier molecular flexibility index (Phi) is 5.05. The standard InChI is InChI=1S/C13H16F2N2O/c1-3-17-13(2,9-16)6-7-18-12-5-4-10(14)8-11(12)15/h4-5,8,17H,3,6-7H2,1-2H3. The summed E-state index contributed by atoms with van der Waals surface area (Å²) < 4.78 is 31.1. The van der Waals surface area contributed by atoms with Gasteiger partial charge in [0.2, 0.25) is 0 Å². The van der Waals surface area contributed by atoms with E-state index in [1.165, 1.54) is 6.07 Å². The van der Waals surface area contributed by atoms with E-state index in [0.29, 0.717) is 13.0 Å². The van der Waals surface area contributed by atoms with Gasteiger partial charge in [-0.2, -0.15) is 5.26 Å². The molecule has 1 aromatic carbocycles. The molecule has 0 amide bonds. The Balaban J connectivity index is 2.53. The average Bonchev–Trinajstić information content (AvgIpc) is 2.32. The molecular formula is C13H16F2N2O. The summed E-state index contributed by atoms with van der Waals surface area (Å²) in [5.41, 5.74) is -0.703. The van der Waals surface area contributed by atoms with Crippen molar-refractivity contribution in [3.8, 4) is 11.8 Å². The fourth-order valence-electron chi connectivity index (χ4n) is 1.53. The number of rotatable bonds is 6. The van der Waals surface area contributed by atoms with Gasteiger partial charge in [0, 0.05) is 12.5 Å². The van der Waals surface area contributed by atoms with Crippen LogP contribution in [0.1, 0.15) is 20.3 Å². The second-order valence-corrected chi connectivity index (χ2v) is 4.15. The monoisotopic (exact) mass is 254 g/mol. The van der Waals surface area contributed by atoms with Gasteiger partial charge in [-0.25, -0.2) is 8.78 Å². The van der Waals surface area contributed by atoms with Gasteiger partial charge in [-0.1, -0.05) is 6.92 Å². The number of nitriles is 1. The lowest BCUT2D eigenvalue weighted by Crippen LogP contribution is -2.42. The van der Waals surface area contributed by atoms with Crippen molar-refractivity contribution >= 4 is 0 Å². The number of halogens is 2. The van der Waals surface area contributed by atoms with E-state index in [4.69, 9.17) is 10.00 Å². The zero-order chi connectivity index (χ0) is 13.6. The van der Waals surface area contributed by atoms with Crippen LogP contribution in [0, 0.1) is 23.0 Å². The first kappa shape index (κ1) is 14.4. The molecule has 5 heteroatoms. The zero-order valence-electron chi connectivity index (χ0n) is 10.5. The summed E-state index contributed by atoms with van der Waals surface area (Å²) in [6.07, 6.45) is 0.411. The summed E-state index contributed by atoms with van der Waals surface area (Å²) in [4.78, 5) is 0. The molecule has 1 rings (SSSR count). The van der Waals surface area contributed by atoms with E-state index >= 15 is 0 Å². The van der Waals surface area contributed by atoms with Crippen LogP contribution in [0.4, 0.5) is 8.78 Å². The Morgan fingerprint density at radius 2 is 2.17 bits per heavy atom. The van der Waals surface area contributed by atoms with E-state index in [9.17, 15) is 8.78 Å². The van der Waals surface area contributed by atoms with Crippen molar-refractivity contribution in [1.82, 2.24) is 5.32 Å². The van der Waals surface area contributed by atoms with E-state index in [1.54, 1.807) is 6.92 Å². The maximum atomic E-state index is 13.3. The lowest BCUT2D eigenvalue weighted by Gasteiger charge is -2.22. The van der Waals surface area contributed by atoms with Gasteiger partial charge in [-0.3, -0.25) is 5.32 Å². The average molecular weight is 254 g/mol. The predicted molar refractivity (Wildman–Crippen MR) is 64.2 cm³/mol. The molecule has 0 aliphatic heterocycles. The first-order valence-corrected chi connectivity index (χ1v) is 5.75. The van der Waals surface area contributed by atoms with E-state index in [0.717, 1.165) is 12.1 Å².